The van der Waals surface area contributed by atoms with Crippen LogP contribution in [0.5, 0.6) is 0 Å². The van der Waals surface area contributed by atoms with E-state index in [1.165, 1.54) is 14.0 Å². The number of hydrogen-bond donors (Lipinski definition) is 2. The Balaban J connectivity index is 2.39. The van der Waals surface area contributed by atoms with Gasteiger partial charge in [0.15, 0.2) is 0 Å². The van der Waals surface area contributed by atoms with E-state index in [2.05, 4.69) is 5.43 Å². The van der Waals surface area contributed by atoms with Crippen molar-refractivity contribution in [2.75, 3.05) is 7.05 Å². The van der Waals surface area contributed by atoms with E-state index in [4.69, 9.17) is 9.84 Å². The van der Waals surface area contributed by atoms with E-state index in [1.54, 1.807) is 0 Å². The molecule has 2 N–H and O–H groups in total. The lowest BCUT2D eigenvalue weighted by Crippen LogP contribution is -2.47. The summed E-state index contributed by atoms with van der Waals surface area (Å²) in [4.78, 5) is 22.1. The van der Waals surface area contributed by atoms with Crippen LogP contribution in [0.2, 0.25) is 0 Å². The first kappa shape index (κ1) is 14.0. The molecule has 0 aliphatic rings. The van der Waals surface area contributed by atoms with Crippen molar-refractivity contribution in [1.29, 1.82) is 0 Å². The number of hydrogen-bond acceptors (Lipinski definition) is 4. The minimum Gasteiger partial charge on any atom is -0.480 e. The quantitative estimate of drug-likeness (QED) is 0.771. The van der Waals surface area contributed by atoms with Gasteiger partial charge < -0.3 is 9.84 Å². The topological polar surface area (TPSA) is 78.9 Å². The molecule has 1 rings (SSSR count). The predicted octanol–water partition coefficient (Wildman–Crippen LogP) is 1.23. The number of rotatable bonds is 5. The van der Waals surface area contributed by atoms with Gasteiger partial charge in [0.2, 0.25) is 0 Å². The summed E-state index contributed by atoms with van der Waals surface area (Å²) in [7, 11) is 1.41. The summed E-state index contributed by atoms with van der Waals surface area (Å²) in [5, 5.41) is 9.69. The first-order valence-electron chi connectivity index (χ1n) is 5.44. The van der Waals surface area contributed by atoms with Crippen molar-refractivity contribution in [2.24, 2.45) is 0 Å². The molecule has 1 aromatic carbocycles. The number of carboxylic acid groups (broad SMARTS) is 1. The predicted molar refractivity (Wildman–Crippen MR) is 64.6 cm³/mol. The molecule has 1 unspecified atom stereocenters. The molecule has 1 aromatic rings. The molecule has 18 heavy (non-hydrogen) atoms. The Morgan fingerprint density at radius 1 is 1.39 bits per heavy atom. The summed E-state index contributed by atoms with van der Waals surface area (Å²) in [6.45, 7) is 1.58. The number of carbonyl (C=O) groups excluding carboxylic acids is 1. The summed E-state index contributed by atoms with van der Waals surface area (Å²) in [5.41, 5.74) is 3.34. The Kier molecular flexibility index (Phi) is 5.13. The van der Waals surface area contributed by atoms with Crippen LogP contribution in [0.4, 0.5) is 4.79 Å². The van der Waals surface area contributed by atoms with E-state index in [0.29, 0.717) is 0 Å². The van der Waals surface area contributed by atoms with Crippen molar-refractivity contribution < 1.29 is 19.4 Å². The molecule has 0 fully saturated rings. The summed E-state index contributed by atoms with van der Waals surface area (Å²) in [5.74, 6) is -1.04. The molecule has 0 spiro atoms. The standard InChI is InChI=1S/C12H16N2O4/c1-9(11(15)16)13-14(2)12(17)18-8-10-6-4-3-5-7-10/h3-7,9,13H,8H2,1-2H3,(H,15,16). The van der Waals surface area contributed by atoms with E-state index in [1.807, 2.05) is 30.3 Å². The van der Waals surface area contributed by atoms with Gasteiger partial charge in [-0.1, -0.05) is 30.3 Å². The number of carbonyl (C=O) groups is 2. The molecular weight excluding hydrogens is 236 g/mol. The number of hydrazine groups is 1. The van der Waals surface area contributed by atoms with Crippen LogP contribution < -0.4 is 5.43 Å². The fourth-order valence-electron chi connectivity index (χ4n) is 1.21. The second-order valence-corrected chi connectivity index (χ2v) is 3.79. The number of nitrogens with one attached hydrogen (secondary N) is 1. The normalized spacial score (nSPS) is 11.7. The molecule has 0 aliphatic carbocycles. The Hall–Kier alpha value is -2.08. The molecule has 0 bridgehead atoms. The van der Waals surface area contributed by atoms with Gasteiger partial charge in [0.25, 0.3) is 0 Å². The monoisotopic (exact) mass is 252 g/mol. The number of nitrogens with zero attached hydrogens (tertiary/aromatic N) is 1. The fourth-order valence-corrected chi connectivity index (χ4v) is 1.21. The Morgan fingerprint density at radius 2 is 2.00 bits per heavy atom. The summed E-state index contributed by atoms with van der Waals surface area (Å²) >= 11 is 0. The zero-order chi connectivity index (χ0) is 13.5. The summed E-state index contributed by atoms with van der Waals surface area (Å²) < 4.78 is 5.00. The molecule has 0 saturated carbocycles. The van der Waals surface area contributed by atoms with Crippen LogP contribution >= 0.6 is 0 Å². The Morgan fingerprint density at radius 3 is 2.56 bits per heavy atom. The van der Waals surface area contributed by atoms with Crippen molar-refractivity contribution >= 4 is 12.1 Å². The smallest absolute Gasteiger partial charge is 0.424 e. The number of amides is 1. The zero-order valence-corrected chi connectivity index (χ0v) is 10.3. The summed E-state index contributed by atoms with van der Waals surface area (Å²) in [6.07, 6.45) is -0.632. The van der Waals surface area contributed by atoms with Gasteiger partial charge in [-0.2, -0.15) is 0 Å². The number of aliphatic carboxylic acids is 1. The van der Waals surface area contributed by atoms with Gasteiger partial charge in [-0.3, -0.25) is 4.79 Å². The van der Waals surface area contributed by atoms with Crippen LogP contribution in [0.3, 0.4) is 0 Å². The average molecular weight is 252 g/mol. The largest absolute Gasteiger partial charge is 0.480 e. The third kappa shape index (κ3) is 4.42. The van der Waals surface area contributed by atoms with Crippen LogP contribution in [0.1, 0.15) is 12.5 Å². The number of ether oxygens (including phenoxy) is 1. The molecule has 1 amide bonds. The van der Waals surface area contributed by atoms with E-state index < -0.39 is 18.1 Å². The van der Waals surface area contributed by atoms with Crippen LogP contribution in [-0.2, 0) is 16.1 Å². The van der Waals surface area contributed by atoms with Gasteiger partial charge in [-0.25, -0.2) is 15.2 Å². The highest BCUT2D eigenvalue weighted by molar-refractivity contribution is 5.74. The van der Waals surface area contributed by atoms with Crippen LogP contribution in [-0.4, -0.2) is 35.3 Å². The second kappa shape index (κ2) is 6.61. The zero-order valence-electron chi connectivity index (χ0n) is 10.3. The molecule has 6 nitrogen and oxygen atoms in total. The maximum absolute atomic E-state index is 11.5. The van der Waals surface area contributed by atoms with Gasteiger partial charge in [0.05, 0.1) is 0 Å². The SMILES string of the molecule is CC(NN(C)C(=O)OCc1ccccc1)C(=O)O. The lowest BCUT2D eigenvalue weighted by molar-refractivity contribution is -0.140. The Bertz CT molecular complexity index is 408. The van der Waals surface area contributed by atoms with E-state index in [9.17, 15) is 9.59 Å². The first-order chi connectivity index (χ1) is 8.50. The first-order valence-corrected chi connectivity index (χ1v) is 5.44. The molecule has 0 heterocycles. The minimum absolute atomic E-state index is 0.146. The van der Waals surface area contributed by atoms with Crippen molar-refractivity contribution in [3.63, 3.8) is 0 Å². The van der Waals surface area contributed by atoms with E-state index in [0.717, 1.165) is 10.6 Å². The fraction of sp³-hybridized carbons (Fsp3) is 0.333. The van der Waals surface area contributed by atoms with Gasteiger partial charge in [0, 0.05) is 7.05 Å². The van der Waals surface area contributed by atoms with Crippen LogP contribution in [0.25, 0.3) is 0 Å². The molecule has 6 heteroatoms. The molecule has 1 atom stereocenters. The maximum Gasteiger partial charge on any atom is 0.424 e. The second-order valence-electron chi connectivity index (χ2n) is 3.79. The number of benzene rings is 1. The van der Waals surface area contributed by atoms with Gasteiger partial charge in [-0.05, 0) is 12.5 Å². The third-order valence-electron chi connectivity index (χ3n) is 2.24. The summed E-state index contributed by atoms with van der Waals surface area (Å²) in [6, 6.07) is 8.36. The van der Waals surface area contributed by atoms with Crippen LogP contribution in [0.15, 0.2) is 30.3 Å². The highest BCUT2D eigenvalue weighted by Gasteiger charge is 2.17. The molecule has 0 aromatic heterocycles. The van der Waals surface area contributed by atoms with Crippen molar-refractivity contribution in [2.45, 2.75) is 19.6 Å². The minimum atomic E-state index is -1.04. The van der Waals surface area contributed by atoms with Crippen molar-refractivity contribution in [3.05, 3.63) is 35.9 Å². The van der Waals surface area contributed by atoms with Gasteiger partial charge >= 0.3 is 12.1 Å². The molecule has 98 valence electrons. The highest BCUT2D eigenvalue weighted by Crippen LogP contribution is 2.01. The number of carboxylic acids is 1. The average Bonchev–Trinajstić information content (AvgIpc) is 2.36. The highest BCUT2D eigenvalue weighted by atomic mass is 16.6. The van der Waals surface area contributed by atoms with Crippen LogP contribution in [0, 0.1) is 0 Å². The molecule has 0 saturated heterocycles. The van der Waals surface area contributed by atoms with Gasteiger partial charge in [0.1, 0.15) is 12.6 Å². The lowest BCUT2D eigenvalue weighted by Gasteiger charge is -2.20. The van der Waals surface area contributed by atoms with Crippen molar-refractivity contribution in [3.8, 4) is 0 Å². The molecule has 0 radical (unpaired) electrons. The molecular formula is C12H16N2O4. The molecule has 0 aliphatic heterocycles. The maximum atomic E-state index is 11.5. The van der Waals surface area contributed by atoms with E-state index in [-0.39, 0.29) is 6.61 Å². The Labute approximate surface area is 105 Å². The lowest BCUT2D eigenvalue weighted by atomic mass is 10.2. The van der Waals surface area contributed by atoms with Crippen molar-refractivity contribution in [1.82, 2.24) is 10.4 Å². The third-order valence-corrected chi connectivity index (χ3v) is 2.24. The van der Waals surface area contributed by atoms with E-state index >= 15 is 0 Å². The van der Waals surface area contributed by atoms with Gasteiger partial charge in [-0.15, -0.1) is 0 Å².